The fourth-order valence-corrected chi connectivity index (χ4v) is 4.41. The Balaban J connectivity index is 1.67. The summed E-state index contributed by atoms with van der Waals surface area (Å²) in [6.45, 7) is 0. The molecule has 0 aliphatic carbocycles. The van der Waals surface area contributed by atoms with Crippen molar-refractivity contribution in [3.63, 3.8) is 0 Å². The van der Waals surface area contributed by atoms with Gasteiger partial charge in [0.15, 0.2) is 0 Å². The van der Waals surface area contributed by atoms with Gasteiger partial charge >= 0.3 is 6.18 Å². The third-order valence-corrected chi connectivity index (χ3v) is 6.15. The molecule has 12 heteroatoms. The van der Waals surface area contributed by atoms with Crippen LogP contribution in [0.4, 0.5) is 29.1 Å². The number of halogens is 4. The Hall–Kier alpha value is -4.06. The molecule has 2 aromatic heterocycles. The van der Waals surface area contributed by atoms with Gasteiger partial charge in [-0.05, 0) is 35.9 Å². The first-order chi connectivity index (χ1) is 16.0. The summed E-state index contributed by atoms with van der Waals surface area (Å²) in [7, 11) is -4.25. The lowest BCUT2D eigenvalue weighted by Crippen LogP contribution is -2.15. The molecular weight excluding hydrogens is 474 g/mol. The lowest BCUT2D eigenvalue weighted by Gasteiger charge is -2.14. The third kappa shape index (κ3) is 4.81. The Morgan fingerprint density at radius 3 is 2.24 bits per heavy atom. The van der Waals surface area contributed by atoms with Crippen LogP contribution in [-0.4, -0.2) is 23.4 Å². The molecule has 0 unspecified atom stereocenters. The number of rotatable bonds is 5. The van der Waals surface area contributed by atoms with Crippen LogP contribution in [0.5, 0.6) is 0 Å². The molecule has 0 saturated carbocycles. The van der Waals surface area contributed by atoms with Crippen LogP contribution in [0.3, 0.4) is 0 Å². The van der Waals surface area contributed by atoms with Crippen molar-refractivity contribution in [1.82, 2.24) is 15.0 Å². The van der Waals surface area contributed by atoms with E-state index in [2.05, 4.69) is 19.7 Å². The number of nitrogens with one attached hydrogen (secondary N) is 1. The molecule has 2 aromatic carbocycles. The third-order valence-electron chi connectivity index (χ3n) is 4.71. The van der Waals surface area contributed by atoms with Crippen LogP contribution in [0.1, 0.15) is 5.69 Å². The van der Waals surface area contributed by atoms with Crippen molar-refractivity contribution in [2.24, 2.45) is 0 Å². The first-order valence-corrected chi connectivity index (χ1v) is 11.1. The highest BCUT2D eigenvalue weighted by Gasteiger charge is 2.32. The average Bonchev–Trinajstić information content (AvgIpc) is 2.79. The van der Waals surface area contributed by atoms with Gasteiger partial charge in [-0.15, -0.1) is 0 Å². The molecule has 0 aliphatic rings. The van der Waals surface area contributed by atoms with E-state index in [-0.39, 0.29) is 38.8 Å². The predicted molar refractivity (Wildman–Crippen MR) is 117 cm³/mol. The Morgan fingerprint density at radius 2 is 1.62 bits per heavy atom. The van der Waals surface area contributed by atoms with Crippen LogP contribution in [0.2, 0.25) is 0 Å². The van der Waals surface area contributed by atoms with Crippen LogP contribution in [0, 0.1) is 5.82 Å². The van der Waals surface area contributed by atoms with Crippen molar-refractivity contribution in [1.29, 1.82) is 0 Å². The Morgan fingerprint density at radius 1 is 0.853 bits per heavy atom. The van der Waals surface area contributed by atoms with Crippen LogP contribution in [0.15, 0.2) is 78.1 Å². The van der Waals surface area contributed by atoms with Crippen molar-refractivity contribution >= 4 is 21.5 Å². The maximum atomic E-state index is 14.9. The number of sulfonamides is 1. The van der Waals surface area contributed by atoms with E-state index in [0.29, 0.717) is 6.07 Å². The zero-order valence-corrected chi connectivity index (χ0v) is 17.9. The van der Waals surface area contributed by atoms with Gasteiger partial charge in [0.05, 0.1) is 34.9 Å². The summed E-state index contributed by atoms with van der Waals surface area (Å²) in [4.78, 5) is 10.9. The van der Waals surface area contributed by atoms with Crippen LogP contribution >= 0.6 is 0 Å². The quantitative estimate of drug-likeness (QED) is 0.392. The summed E-state index contributed by atoms with van der Waals surface area (Å²) in [5.41, 5.74) is 5.02. The molecule has 0 aliphatic heterocycles. The monoisotopic (exact) mass is 489 g/mol. The molecule has 0 amide bonds. The van der Waals surface area contributed by atoms with Gasteiger partial charge in [0.25, 0.3) is 10.0 Å². The second kappa shape index (κ2) is 8.71. The highest BCUT2D eigenvalue weighted by molar-refractivity contribution is 7.92. The van der Waals surface area contributed by atoms with Gasteiger partial charge in [-0.1, -0.05) is 24.3 Å². The fraction of sp³-hybridized carbons (Fsp3) is 0.0455. The fourth-order valence-electron chi connectivity index (χ4n) is 3.14. The maximum absolute atomic E-state index is 14.9. The van der Waals surface area contributed by atoms with Gasteiger partial charge < -0.3 is 5.73 Å². The summed E-state index contributed by atoms with van der Waals surface area (Å²) in [5, 5.41) is 0. The normalized spacial score (nSPS) is 11.9. The number of anilines is 2. The molecule has 3 N–H and O–H groups in total. The summed E-state index contributed by atoms with van der Waals surface area (Å²) in [6, 6.07) is 11.6. The Kier molecular flexibility index (Phi) is 5.92. The first-order valence-electron chi connectivity index (χ1n) is 9.57. The number of hydrogen-bond donors (Lipinski definition) is 2. The van der Waals surface area contributed by atoms with E-state index in [0.717, 1.165) is 18.3 Å². The van der Waals surface area contributed by atoms with E-state index < -0.39 is 27.7 Å². The van der Waals surface area contributed by atoms with E-state index >= 15 is 0 Å². The highest BCUT2D eigenvalue weighted by atomic mass is 32.2. The molecule has 7 nitrogen and oxygen atoms in total. The Labute approximate surface area is 191 Å². The van der Waals surface area contributed by atoms with Crippen LogP contribution in [0.25, 0.3) is 22.4 Å². The number of alkyl halides is 3. The van der Waals surface area contributed by atoms with Gasteiger partial charge in [0.1, 0.15) is 17.3 Å². The Bertz CT molecular complexity index is 1440. The molecule has 0 radical (unpaired) electrons. The van der Waals surface area contributed by atoms with Crippen molar-refractivity contribution in [3.05, 3.63) is 84.7 Å². The van der Waals surface area contributed by atoms with Crippen LogP contribution < -0.4 is 10.5 Å². The largest absolute Gasteiger partial charge is 0.433 e. The number of benzene rings is 2. The lowest BCUT2D eigenvalue weighted by atomic mass is 10.0. The average molecular weight is 489 g/mol. The first kappa shape index (κ1) is 23.1. The van der Waals surface area contributed by atoms with E-state index in [4.69, 9.17) is 5.73 Å². The van der Waals surface area contributed by atoms with Crippen LogP contribution in [-0.2, 0) is 16.2 Å². The van der Waals surface area contributed by atoms with Gasteiger partial charge in [-0.2, -0.15) is 13.2 Å². The van der Waals surface area contributed by atoms with E-state index in [1.54, 1.807) is 6.07 Å². The minimum absolute atomic E-state index is 0.144. The van der Waals surface area contributed by atoms with E-state index in [9.17, 15) is 26.0 Å². The minimum Gasteiger partial charge on any atom is -0.382 e. The molecule has 2 heterocycles. The molecule has 0 atom stereocenters. The van der Waals surface area contributed by atoms with Crippen molar-refractivity contribution in [2.45, 2.75) is 11.1 Å². The summed E-state index contributed by atoms with van der Waals surface area (Å²) in [6.07, 6.45) is -1.29. The van der Waals surface area contributed by atoms with Gasteiger partial charge in [0, 0.05) is 11.1 Å². The molecule has 0 saturated heterocycles. The SMILES string of the molecule is Nc1cnc(-c2ccc(-c3ccccc3S(=O)(=O)Nc3ccc(C(F)(F)F)nc3)cc2F)cn1. The standard InChI is InChI=1S/C22H15F4N5O2S/c23-17-9-13(5-7-16(17)18-11-30-21(27)12-28-18)15-3-1-2-4-19(15)34(32,33)31-14-6-8-20(29-10-14)22(24,25)26/h1-12,31H,(H2,27,30). The molecular formula is C22H15F4N5O2S. The predicted octanol–water partition coefficient (Wildman–Crippen LogP) is 4.75. The van der Waals surface area contributed by atoms with Crippen molar-refractivity contribution in [2.75, 3.05) is 10.5 Å². The molecule has 34 heavy (non-hydrogen) atoms. The number of nitrogens with zero attached hydrogens (tertiary/aromatic N) is 3. The summed E-state index contributed by atoms with van der Waals surface area (Å²) < 4.78 is 81.2. The molecule has 4 aromatic rings. The van der Waals surface area contributed by atoms with E-state index in [1.807, 2.05) is 0 Å². The topological polar surface area (TPSA) is 111 Å². The molecule has 0 bridgehead atoms. The van der Waals surface area contributed by atoms with Crippen molar-refractivity contribution in [3.8, 4) is 22.4 Å². The van der Waals surface area contributed by atoms with Crippen molar-refractivity contribution < 1.29 is 26.0 Å². The lowest BCUT2D eigenvalue weighted by molar-refractivity contribution is -0.141. The molecule has 4 rings (SSSR count). The number of aromatic nitrogens is 3. The smallest absolute Gasteiger partial charge is 0.382 e. The zero-order chi connectivity index (χ0) is 24.5. The summed E-state index contributed by atoms with van der Waals surface area (Å²) in [5.74, 6) is -0.487. The number of hydrogen-bond acceptors (Lipinski definition) is 6. The highest BCUT2D eigenvalue weighted by Crippen LogP contribution is 2.32. The molecule has 0 spiro atoms. The summed E-state index contributed by atoms with van der Waals surface area (Å²) >= 11 is 0. The van der Waals surface area contributed by atoms with E-state index in [1.165, 1.54) is 42.7 Å². The maximum Gasteiger partial charge on any atom is 0.433 e. The minimum atomic E-state index is -4.65. The molecule has 174 valence electrons. The second-order valence-corrected chi connectivity index (χ2v) is 8.70. The number of pyridine rings is 1. The van der Waals surface area contributed by atoms with Gasteiger partial charge in [0.2, 0.25) is 0 Å². The number of nitrogens with two attached hydrogens (primary N) is 1. The van der Waals surface area contributed by atoms with Gasteiger partial charge in [-0.3, -0.25) is 9.71 Å². The second-order valence-electron chi connectivity index (χ2n) is 7.05. The molecule has 0 fully saturated rings. The van der Waals surface area contributed by atoms with Gasteiger partial charge in [-0.25, -0.2) is 22.8 Å². The zero-order valence-electron chi connectivity index (χ0n) is 17.1. The number of nitrogen functional groups attached to an aromatic ring is 1.